The molecule has 0 aromatic heterocycles. The molecular formula is C8H17N3O3. The number of primary amides is 1. The molecule has 0 heterocycles. The number of amides is 3. The fraction of sp³-hybridized carbons (Fsp3) is 0.750. The highest BCUT2D eigenvalue weighted by Crippen LogP contribution is 2.09. The second kappa shape index (κ2) is 4.92. The van der Waals surface area contributed by atoms with Crippen LogP contribution in [0.2, 0.25) is 0 Å². The molecule has 0 rings (SSSR count). The van der Waals surface area contributed by atoms with Crippen molar-refractivity contribution in [3.63, 3.8) is 0 Å². The summed E-state index contributed by atoms with van der Waals surface area (Å²) in [5.41, 5.74) is 4.27. The average Bonchev–Trinajstić information content (AvgIpc) is 2.02. The fourth-order valence-corrected chi connectivity index (χ4v) is 0.727. The van der Waals surface area contributed by atoms with E-state index in [-0.39, 0.29) is 13.2 Å². The van der Waals surface area contributed by atoms with Crippen LogP contribution in [0.4, 0.5) is 4.79 Å². The molecule has 0 saturated carbocycles. The summed E-state index contributed by atoms with van der Waals surface area (Å²) in [5, 5.41) is 10.9. The number of aliphatic hydroxyl groups excluding tert-OH is 1. The van der Waals surface area contributed by atoms with Crippen molar-refractivity contribution in [1.82, 2.24) is 10.2 Å². The van der Waals surface area contributed by atoms with Crippen LogP contribution < -0.4 is 11.1 Å². The van der Waals surface area contributed by atoms with Crippen LogP contribution in [-0.4, -0.2) is 47.7 Å². The van der Waals surface area contributed by atoms with Crippen LogP contribution in [0, 0.1) is 0 Å². The second-order valence-electron chi connectivity index (χ2n) is 3.74. The van der Waals surface area contributed by atoms with Crippen LogP contribution in [0.1, 0.15) is 13.8 Å². The smallest absolute Gasteiger partial charge is 0.318 e. The summed E-state index contributed by atoms with van der Waals surface area (Å²) in [6, 6.07) is -0.870. The molecule has 0 radical (unpaired) electrons. The lowest BCUT2D eigenvalue weighted by atomic mass is 10.1. The first-order valence-electron chi connectivity index (χ1n) is 4.21. The van der Waals surface area contributed by atoms with Gasteiger partial charge in [0.1, 0.15) is 0 Å². The summed E-state index contributed by atoms with van der Waals surface area (Å²) in [5.74, 6) is -0.485. The van der Waals surface area contributed by atoms with Gasteiger partial charge in [0.2, 0.25) is 5.91 Å². The van der Waals surface area contributed by atoms with Gasteiger partial charge in [-0.2, -0.15) is 0 Å². The number of carbonyl (C=O) groups excluding carboxylic acids is 2. The van der Waals surface area contributed by atoms with Crippen molar-refractivity contribution in [3.05, 3.63) is 0 Å². The molecule has 3 amide bonds. The van der Waals surface area contributed by atoms with E-state index in [4.69, 9.17) is 10.8 Å². The molecule has 0 bridgehead atoms. The Morgan fingerprint density at radius 2 is 2.00 bits per heavy atom. The molecule has 0 unspecified atom stereocenters. The highest BCUT2D eigenvalue weighted by molar-refractivity contribution is 5.94. The Hall–Kier alpha value is -1.14. The highest BCUT2D eigenvalue weighted by atomic mass is 16.3. The number of carbonyl (C=O) groups is 2. The zero-order valence-corrected chi connectivity index (χ0v) is 8.70. The molecular weight excluding hydrogens is 186 g/mol. The van der Waals surface area contributed by atoms with Gasteiger partial charge in [0.15, 0.2) is 0 Å². The Kier molecular flexibility index (Phi) is 4.52. The van der Waals surface area contributed by atoms with Gasteiger partial charge in [-0.15, -0.1) is 0 Å². The number of imide groups is 1. The summed E-state index contributed by atoms with van der Waals surface area (Å²) >= 11 is 0. The summed E-state index contributed by atoms with van der Waals surface area (Å²) in [6.45, 7) is 3.50. The van der Waals surface area contributed by atoms with Crippen molar-refractivity contribution < 1.29 is 14.7 Å². The number of aliphatic hydroxyl groups is 1. The van der Waals surface area contributed by atoms with E-state index in [2.05, 4.69) is 0 Å². The summed E-state index contributed by atoms with van der Waals surface area (Å²) < 4.78 is 0. The molecule has 0 aliphatic heterocycles. The Bertz CT molecular complexity index is 228. The molecule has 0 atom stereocenters. The number of likely N-dealkylation sites (N-methyl/N-ethyl adjacent to an activating group) is 1. The van der Waals surface area contributed by atoms with Gasteiger partial charge in [-0.1, -0.05) is 0 Å². The normalized spacial score (nSPS) is 11.5. The van der Waals surface area contributed by atoms with Gasteiger partial charge in [-0.3, -0.25) is 15.0 Å². The molecule has 6 heteroatoms. The zero-order chi connectivity index (χ0) is 11.4. The summed E-state index contributed by atoms with van der Waals surface area (Å²) in [4.78, 5) is 23.1. The maximum atomic E-state index is 11.1. The lowest BCUT2D eigenvalue weighted by molar-refractivity contribution is -0.122. The van der Waals surface area contributed by atoms with Gasteiger partial charge >= 0.3 is 6.03 Å². The van der Waals surface area contributed by atoms with Gasteiger partial charge in [-0.05, 0) is 20.9 Å². The van der Waals surface area contributed by atoms with Crippen LogP contribution >= 0.6 is 0 Å². The minimum absolute atomic E-state index is 0.0104. The van der Waals surface area contributed by atoms with E-state index in [0.717, 1.165) is 0 Å². The fourth-order valence-electron chi connectivity index (χ4n) is 0.727. The monoisotopic (exact) mass is 203 g/mol. The van der Waals surface area contributed by atoms with Gasteiger partial charge < -0.3 is 10.8 Å². The zero-order valence-electron chi connectivity index (χ0n) is 8.70. The van der Waals surface area contributed by atoms with Crippen molar-refractivity contribution >= 4 is 11.9 Å². The Morgan fingerprint density at radius 3 is 2.36 bits per heavy atom. The van der Waals surface area contributed by atoms with Crippen LogP contribution in [-0.2, 0) is 4.79 Å². The first-order chi connectivity index (χ1) is 6.29. The van der Waals surface area contributed by atoms with Crippen molar-refractivity contribution in [2.75, 3.05) is 20.2 Å². The van der Waals surface area contributed by atoms with Gasteiger partial charge in [0, 0.05) is 5.54 Å². The molecule has 14 heavy (non-hydrogen) atoms. The Balaban J connectivity index is 4.12. The van der Waals surface area contributed by atoms with Crippen molar-refractivity contribution in [3.8, 4) is 0 Å². The third-order valence-electron chi connectivity index (χ3n) is 2.06. The Labute approximate surface area is 83.1 Å². The molecule has 0 saturated heterocycles. The molecule has 6 nitrogen and oxygen atoms in total. The van der Waals surface area contributed by atoms with E-state index in [1.54, 1.807) is 25.8 Å². The molecule has 82 valence electrons. The van der Waals surface area contributed by atoms with Crippen LogP contribution in [0.5, 0.6) is 0 Å². The molecule has 4 N–H and O–H groups in total. The number of nitrogens with two attached hydrogens (primary N) is 1. The quantitative estimate of drug-likeness (QED) is 0.539. The first-order valence-corrected chi connectivity index (χ1v) is 4.21. The van der Waals surface area contributed by atoms with E-state index in [1.165, 1.54) is 0 Å². The molecule has 0 aromatic rings. The number of urea groups is 1. The number of nitrogens with zero attached hydrogens (tertiary/aromatic N) is 1. The molecule has 0 aliphatic rings. The minimum Gasteiger partial charge on any atom is -0.394 e. The van der Waals surface area contributed by atoms with Crippen LogP contribution in [0.15, 0.2) is 0 Å². The predicted molar refractivity (Wildman–Crippen MR) is 51.5 cm³/mol. The van der Waals surface area contributed by atoms with E-state index in [0.29, 0.717) is 0 Å². The maximum absolute atomic E-state index is 11.1. The van der Waals surface area contributed by atoms with Gasteiger partial charge in [-0.25, -0.2) is 4.79 Å². The lowest BCUT2D eigenvalue weighted by Crippen LogP contribution is -2.50. The van der Waals surface area contributed by atoms with E-state index in [9.17, 15) is 9.59 Å². The number of hydrogen-bond donors (Lipinski definition) is 3. The summed E-state index contributed by atoms with van der Waals surface area (Å²) in [6.07, 6.45) is 0. The number of nitrogens with one attached hydrogen (secondary N) is 1. The predicted octanol–water partition coefficient (Wildman–Crippen LogP) is -1.12. The van der Waals surface area contributed by atoms with Crippen molar-refractivity contribution in [1.29, 1.82) is 0 Å². The Morgan fingerprint density at radius 1 is 1.50 bits per heavy atom. The molecule has 0 aromatic carbocycles. The maximum Gasteiger partial charge on any atom is 0.318 e. The topological polar surface area (TPSA) is 95.7 Å². The molecule has 0 fully saturated rings. The standard InChI is InChI=1S/C8H17N3O3/c1-8(2,5-12)11(3)4-6(13)10-7(9)14/h12H,4-5H2,1-3H3,(H3,9,10,13,14). The van der Waals surface area contributed by atoms with Crippen LogP contribution in [0.25, 0.3) is 0 Å². The third kappa shape index (κ3) is 4.20. The van der Waals surface area contributed by atoms with E-state index >= 15 is 0 Å². The van der Waals surface area contributed by atoms with Gasteiger partial charge in [0.05, 0.1) is 13.2 Å². The minimum atomic E-state index is -0.870. The number of rotatable bonds is 4. The van der Waals surface area contributed by atoms with Crippen molar-refractivity contribution in [2.24, 2.45) is 5.73 Å². The number of hydrogen-bond acceptors (Lipinski definition) is 4. The second-order valence-corrected chi connectivity index (χ2v) is 3.74. The van der Waals surface area contributed by atoms with E-state index < -0.39 is 17.5 Å². The third-order valence-corrected chi connectivity index (χ3v) is 2.06. The molecule has 0 spiro atoms. The SMILES string of the molecule is CN(CC(=O)NC(N)=O)C(C)(C)CO. The first kappa shape index (κ1) is 12.9. The van der Waals surface area contributed by atoms with Crippen molar-refractivity contribution in [2.45, 2.75) is 19.4 Å². The summed E-state index contributed by atoms with van der Waals surface area (Å²) in [7, 11) is 1.68. The highest BCUT2D eigenvalue weighted by Gasteiger charge is 2.24. The van der Waals surface area contributed by atoms with E-state index in [1.807, 2.05) is 5.32 Å². The average molecular weight is 203 g/mol. The molecule has 0 aliphatic carbocycles. The van der Waals surface area contributed by atoms with Gasteiger partial charge in [0.25, 0.3) is 0 Å². The van der Waals surface area contributed by atoms with Crippen LogP contribution in [0.3, 0.4) is 0 Å². The lowest BCUT2D eigenvalue weighted by Gasteiger charge is -2.32. The largest absolute Gasteiger partial charge is 0.394 e.